The third kappa shape index (κ3) is 6.00. The Morgan fingerprint density at radius 2 is 1.90 bits per heavy atom. The van der Waals surface area contributed by atoms with Gasteiger partial charge in [-0.25, -0.2) is 14.6 Å². The van der Waals surface area contributed by atoms with Gasteiger partial charge in [0.1, 0.15) is 17.8 Å². The summed E-state index contributed by atoms with van der Waals surface area (Å²) in [7, 11) is 0. The van der Waals surface area contributed by atoms with E-state index in [2.05, 4.69) is 46.2 Å². The maximum Gasteiger partial charge on any atom is 0.258 e. The Morgan fingerprint density at radius 3 is 2.71 bits per heavy atom. The number of hydrogen-bond donors (Lipinski definition) is 2. The molecule has 1 saturated carbocycles. The maximum absolute atomic E-state index is 12.2. The van der Waals surface area contributed by atoms with Crippen molar-refractivity contribution in [2.75, 3.05) is 18.5 Å². The molecule has 3 aliphatic rings. The van der Waals surface area contributed by atoms with Gasteiger partial charge >= 0.3 is 0 Å². The number of nitrogens with zero attached hydrogens (tertiary/aromatic N) is 4. The fourth-order valence-electron chi connectivity index (χ4n) is 5.44. The van der Waals surface area contributed by atoms with Crippen LogP contribution in [0.2, 0.25) is 0 Å². The van der Waals surface area contributed by atoms with Crippen LogP contribution in [-0.2, 0) is 21.0 Å². The summed E-state index contributed by atoms with van der Waals surface area (Å²) in [5.41, 5.74) is 6.17. The molecule has 1 aliphatic carbocycles. The van der Waals surface area contributed by atoms with Crippen LogP contribution in [0.15, 0.2) is 60.9 Å². The third-order valence-corrected chi connectivity index (χ3v) is 9.01. The van der Waals surface area contributed by atoms with Gasteiger partial charge in [-0.15, -0.1) is 0 Å². The minimum Gasteiger partial charge on any atom is -0.484 e. The van der Waals surface area contributed by atoms with Gasteiger partial charge in [-0.1, -0.05) is 24.3 Å². The molecule has 0 bridgehead atoms. The number of hydrogen-bond acceptors (Lipinski definition) is 8. The topological polar surface area (TPSA) is 103 Å². The Balaban J connectivity index is 1.06. The Bertz CT molecular complexity index is 1560. The number of amides is 1. The van der Waals surface area contributed by atoms with E-state index in [-0.39, 0.29) is 18.7 Å². The first-order valence-electron chi connectivity index (χ1n) is 14.7. The highest BCUT2D eigenvalue weighted by Crippen LogP contribution is 2.36. The first kappa shape index (κ1) is 27.0. The molecule has 1 atom stereocenters. The summed E-state index contributed by atoms with van der Waals surface area (Å²) in [6.07, 6.45) is 10.6. The monoisotopic (exact) mass is 582 g/mol. The molecule has 4 heterocycles. The molecule has 42 heavy (non-hydrogen) atoms. The van der Waals surface area contributed by atoms with Crippen molar-refractivity contribution in [2.45, 2.75) is 62.3 Å². The second-order valence-electron chi connectivity index (χ2n) is 11.1. The molecule has 0 spiro atoms. The lowest BCUT2D eigenvalue weighted by molar-refractivity contribution is -0.124. The molecule has 2 aliphatic heterocycles. The van der Waals surface area contributed by atoms with Gasteiger partial charge in [-0.2, -0.15) is 16.9 Å². The van der Waals surface area contributed by atoms with E-state index in [1.807, 2.05) is 46.9 Å². The Morgan fingerprint density at radius 1 is 1.00 bits per heavy atom. The predicted octanol–water partition coefficient (Wildman–Crippen LogP) is 6.24. The van der Waals surface area contributed by atoms with Crippen LogP contribution in [0.25, 0.3) is 22.5 Å². The highest BCUT2D eigenvalue weighted by atomic mass is 32.2. The summed E-state index contributed by atoms with van der Waals surface area (Å²) in [5, 5.41) is 11.1. The van der Waals surface area contributed by atoms with Gasteiger partial charge in [0, 0.05) is 52.7 Å². The summed E-state index contributed by atoms with van der Waals surface area (Å²) in [6, 6.07) is 16.3. The number of anilines is 2. The Labute approximate surface area is 249 Å². The normalized spacial score (nSPS) is 18.2. The molecule has 2 fully saturated rings. The van der Waals surface area contributed by atoms with E-state index < -0.39 is 0 Å². The van der Waals surface area contributed by atoms with Crippen molar-refractivity contribution in [3.63, 3.8) is 0 Å². The quantitative estimate of drug-likeness (QED) is 0.239. The molecule has 9 nitrogen and oxygen atoms in total. The van der Waals surface area contributed by atoms with E-state index in [4.69, 9.17) is 19.4 Å². The van der Waals surface area contributed by atoms with Crippen molar-refractivity contribution in [1.29, 1.82) is 0 Å². The zero-order valence-electron chi connectivity index (χ0n) is 23.4. The summed E-state index contributed by atoms with van der Waals surface area (Å²) in [6.45, 7) is 0.797. The van der Waals surface area contributed by atoms with Crippen molar-refractivity contribution < 1.29 is 14.3 Å². The van der Waals surface area contributed by atoms with Crippen LogP contribution in [0.5, 0.6) is 5.75 Å². The fourth-order valence-corrected chi connectivity index (χ4v) is 6.48. The van der Waals surface area contributed by atoms with Crippen molar-refractivity contribution in [3.8, 4) is 28.3 Å². The SMILES string of the molecule is O=C(COc1cccc(-c2nc3c(c(Nc4ccc(-c5cnn(C6CCCCO6)c5)cc4)n2)CSC3)c1)NC1CCC1. The third-order valence-electron chi connectivity index (χ3n) is 8.04. The zero-order chi connectivity index (χ0) is 28.3. The summed E-state index contributed by atoms with van der Waals surface area (Å²) >= 11 is 1.84. The number of nitrogens with one attached hydrogen (secondary N) is 2. The van der Waals surface area contributed by atoms with Crippen LogP contribution in [0.1, 0.15) is 56.0 Å². The number of benzene rings is 2. The molecular formula is C32H34N6O3S. The van der Waals surface area contributed by atoms with Crippen molar-refractivity contribution >= 4 is 29.2 Å². The average Bonchev–Trinajstić information content (AvgIpc) is 3.70. The van der Waals surface area contributed by atoms with Crippen molar-refractivity contribution in [1.82, 2.24) is 25.1 Å². The van der Waals surface area contributed by atoms with Crippen molar-refractivity contribution in [3.05, 3.63) is 72.2 Å². The number of carbonyl (C=O) groups excluding carboxylic acids is 1. The Hall–Kier alpha value is -3.89. The molecule has 2 aromatic heterocycles. The molecule has 2 N–H and O–H groups in total. The molecule has 216 valence electrons. The van der Waals surface area contributed by atoms with Crippen LogP contribution in [0.4, 0.5) is 11.5 Å². The number of ether oxygens (including phenoxy) is 2. The van der Waals surface area contributed by atoms with Gasteiger partial charge in [-0.3, -0.25) is 4.79 Å². The van der Waals surface area contributed by atoms with Crippen LogP contribution in [0, 0.1) is 0 Å². The van der Waals surface area contributed by atoms with Gasteiger partial charge in [0.15, 0.2) is 12.4 Å². The van der Waals surface area contributed by atoms with Gasteiger partial charge < -0.3 is 20.1 Å². The van der Waals surface area contributed by atoms with E-state index >= 15 is 0 Å². The summed E-state index contributed by atoms with van der Waals surface area (Å²) in [4.78, 5) is 22.0. The molecule has 7 rings (SSSR count). The van der Waals surface area contributed by atoms with Gasteiger partial charge in [0.2, 0.25) is 0 Å². The minimum absolute atomic E-state index is 0.000411. The summed E-state index contributed by atoms with van der Waals surface area (Å²) < 4.78 is 13.6. The zero-order valence-corrected chi connectivity index (χ0v) is 24.2. The largest absolute Gasteiger partial charge is 0.484 e. The highest BCUT2D eigenvalue weighted by Gasteiger charge is 2.22. The first-order valence-corrected chi connectivity index (χ1v) is 15.9. The number of fused-ring (bicyclic) bond motifs is 1. The summed E-state index contributed by atoms with van der Waals surface area (Å²) in [5.74, 6) is 3.72. The lowest BCUT2D eigenvalue weighted by Gasteiger charge is -2.26. The predicted molar refractivity (Wildman–Crippen MR) is 164 cm³/mol. The minimum atomic E-state index is -0.0829. The van der Waals surface area contributed by atoms with Gasteiger partial charge in [0.25, 0.3) is 5.91 Å². The fraction of sp³-hybridized carbons (Fsp3) is 0.375. The van der Waals surface area contributed by atoms with Crippen LogP contribution >= 0.6 is 11.8 Å². The standard InChI is InChI=1S/C32H34N6O3S/c39-29(34-24-6-4-7-24)18-41-26-8-3-5-22(15-26)31-36-28-20-42-19-27(28)32(37-31)35-25-12-10-21(11-13-25)23-16-33-38(17-23)30-9-1-2-14-40-30/h3,5,8,10-13,15-17,24,30H,1-2,4,6-7,9,14,18-20H2,(H,34,39)(H,35,36,37). The van der Waals surface area contributed by atoms with Crippen molar-refractivity contribution in [2.24, 2.45) is 0 Å². The lowest BCUT2D eigenvalue weighted by atomic mass is 9.93. The number of thioether (sulfide) groups is 1. The molecule has 2 aromatic carbocycles. The second kappa shape index (κ2) is 12.1. The highest BCUT2D eigenvalue weighted by molar-refractivity contribution is 7.98. The number of rotatable bonds is 9. The molecule has 10 heteroatoms. The molecule has 1 unspecified atom stereocenters. The lowest BCUT2D eigenvalue weighted by Crippen LogP contribution is -2.41. The maximum atomic E-state index is 12.2. The van der Waals surface area contributed by atoms with Crippen LogP contribution < -0.4 is 15.4 Å². The van der Waals surface area contributed by atoms with Gasteiger partial charge in [0.05, 0.1) is 11.9 Å². The molecule has 0 radical (unpaired) electrons. The van der Waals surface area contributed by atoms with Crippen LogP contribution in [0.3, 0.4) is 0 Å². The Kier molecular flexibility index (Phi) is 7.80. The van der Waals surface area contributed by atoms with E-state index in [1.54, 1.807) is 0 Å². The number of aromatic nitrogens is 4. The second-order valence-corrected chi connectivity index (χ2v) is 12.0. The molecule has 4 aromatic rings. The van der Waals surface area contributed by atoms with E-state index in [0.717, 1.165) is 83.2 Å². The van der Waals surface area contributed by atoms with E-state index in [1.165, 1.54) is 12.8 Å². The van der Waals surface area contributed by atoms with Crippen LogP contribution in [-0.4, -0.2) is 44.9 Å². The first-order chi connectivity index (χ1) is 20.7. The molecular weight excluding hydrogens is 548 g/mol. The van der Waals surface area contributed by atoms with Gasteiger partial charge in [-0.05, 0) is 68.4 Å². The molecule has 1 saturated heterocycles. The average molecular weight is 583 g/mol. The number of carbonyl (C=O) groups is 1. The molecule has 1 amide bonds. The van der Waals surface area contributed by atoms with E-state index in [0.29, 0.717) is 17.6 Å². The van der Waals surface area contributed by atoms with E-state index in [9.17, 15) is 4.79 Å². The smallest absolute Gasteiger partial charge is 0.258 e.